The molecule has 3 heteroatoms. The van der Waals surface area contributed by atoms with Crippen LogP contribution < -0.4 is 5.32 Å². The van der Waals surface area contributed by atoms with Gasteiger partial charge in [-0.05, 0) is 48.9 Å². The molecule has 1 atom stereocenters. The Kier molecular flexibility index (Phi) is 4.91. The van der Waals surface area contributed by atoms with Crippen LogP contribution in [-0.2, 0) is 6.54 Å². The molecule has 1 aromatic rings. The first-order valence-corrected chi connectivity index (χ1v) is 8.43. The number of nitrogens with zero attached hydrogens (tertiary/aromatic N) is 1. The molecule has 0 radical (unpaired) electrons. The highest BCUT2D eigenvalue weighted by molar-refractivity contribution is 5.26. The summed E-state index contributed by atoms with van der Waals surface area (Å²) >= 11 is 0. The highest BCUT2D eigenvalue weighted by Crippen LogP contribution is 2.28. The van der Waals surface area contributed by atoms with Crippen molar-refractivity contribution in [1.29, 1.82) is 0 Å². The summed E-state index contributed by atoms with van der Waals surface area (Å²) in [6.45, 7) is 6.29. The lowest BCUT2D eigenvalue weighted by atomic mass is 9.83. The zero-order valence-electron chi connectivity index (χ0n) is 13.1. The maximum absolute atomic E-state index is 13.2. The fourth-order valence-electron chi connectivity index (χ4n) is 3.92. The molecule has 0 bridgehead atoms. The van der Waals surface area contributed by atoms with E-state index < -0.39 is 0 Å². The third kappa shape index (κ3) is 3.83. The minimum atomic E-state index is -0.128. The lowest BCUT2D eigenvalue weighted by Crippen LogP contribution is -2.53. The van der Waals surface area contributed by atoms with Gasteiger partial charge >= 0.3 is 0 Å². The van der Waals surface area contributed by atoms with Crippen molar-refractivity contribution in [2.45, 2.75) is 51.6 Å². The van der Waals surface area contributed by atoms with E-state index >= 15 is 0 Å². The van der Waals surface area contributed by atoms with E-state index in [0.717, 1.165) is 37.7 Å². The number of benzene rings is 1. The Balaban J connectivity index is 1.60. The lowest BCUT2D eigenvalue weighted by Gasteiger charge is -2.39. The van der Waals surface area contributed by atoms with Crippen LogP contribution in [0.4, 0.5) is 4.39 Å². The van der Waals surface area contributed by atoms with Gasteiger partial charge in [0, 0.05) is 32.2 Å². The van der Waals surface area contributed by atoms with Gasteiger partial charge in [-0.15, -0.1) is 0 Å². The molecular weight excluding hydrogens is 263 g/mol. The third-order valence-corrected chi connectivity index (χ3v) is 5.21. The van der Waals surface area contributed by atoms with E-state index in [4.69, 9.17) is 0 Å². The second-order valence-corrected chi connectivity index (χ2v) is 6.76. The Hall–Kier alpha value is -0.930. The molecule has 3 rings (SSSR count). The molecule has 1 saturated carbocycles. The molecule has 1 saturated heterocycles. The van der Waals surface area contributed by atoms with Crippen LogP contribution in [0.15, 0.2) is 18.2 Å². The summed E-state index contributed by atoms with van der Waals surface area (Å²) in [7, 11) is 0. The summed E-state index contributed by atoms with van der Waals surface area (Å²) in [6, 6.07) is 5.83. The second-order valence-electron chi connectivity index (χ2n) is 6.76. The van der Waals surface area contributed by atoms with Crippen molar-refractivity contribution in [3.8, 4) is 0 Å². The predicted octanol–water partition coefficient (Wildman–Crippen LogP) is 3.49. The van der Waals surface area contributed by atoms with Crippen molar-refractivity contribution in [2.24, 2.45) is 5.92 Å². The zero-order valence-corrected chi connectivity index (χ0v) is 13.1. The number of piperazine rings is 1. The number of nitrogens with one attached hydrogen (secondary N) is 1. The van der Waals surface area contributed by atoms with E-state index in [-0.39, 0.29) is 5.82 Å². The Morgan fingerprint density at radius 2 is 2.05 bits per heavy atom. The number of aryl methyl sites for hydroxylation is 1. The number of hydrogen-bond donors (Lipinski definition) is 1. The van der Waals surface area contributed by atoms with E-state index in [9.17, 15) is 4.39 Å². The Morgan fingerprint density at radius 3 is 2.81 bits per heavy atom. The highest BCUT2D eigenvalue weighted by atomic mass is 19.1. The van der Waals surface area contributed by atoms with Crippen LogP contribution >= 0.6 is 0 Å². The van der Waals surface area contributed by atoms with Crippen LogP contribution in [0.2, 0.25) is 0 Å². The molecule has 1 aliphatic carbocycles. The maximum atomic E-state index is 13.2. The van der Waals surface area contributed by atoms with Crippen molar-refractivity contribution in [3.05, 3.63) is 35.1 Å². The predicted molar refractivity (Wildman–Crippen MR) is 84.8 cm³/mol. The summed E-state index contributed by atoms with van der Waals surface area (Å²) in [6.07, 6.45) is 7.00. The molecule has 1 N–H and O–H groups in total. The van der Waals surface area contributed by atoms with Gasteiger partial charge in [0.25, 0.3) is 0 Å². The lowest BCUT2D eigenvalue weighted by molar-refractivity contribution is 0.141. The molecule has 2 nitrogen and oxygen atoms in total. The average molecular weight is 290 g/mol. The van der Waals surface area contributed by atoms with Crippen molar-refractivity contribution in [2.75, 3.05) is 19.6 Å². The maximum Gasteiger partial charge on any atom is 0.123 e. The van der Waals surface area contributed by atoms with Crippen LogP contribution in [-0.4, -0.2) is 30.6 Å². The third-order valence-electron chi connectivity index (χ3n) is 5.21. The minimum Gasteiger partial charge on any atom is -0.311 e. The van der Waals surface area contributed by atoms with E-state index in [0.29, 0.717) is 6.04 Å². The molecule has 0 aromatic heterocycles. The summed E-state index contributed by atoms with van der Waals surface area (Å²) < 4.78 is 13.2. The van der Waals surface area contributed by atoms with Crippen LogP contribution in [0.5, 0.6) is 0 Å². The van der Waals surface area contributed by atoms with Gasteiger partial charge < -0.3 is 5.32 Å². The largest absolute Gasteiger partial charge is 0.311 e. The summed E-state index contributed by atoms with van der Waals surface area (Å²) in [4.78, 5) is 2.54. The Morgan fingerprint density at radius 1 is 1.24 bits per heavy atom. The van der Waals surface area contributed by atoms with Gasteiger partial charge in [-0.25, -0.2) is 4.39 Å². The molecule has 2 fully saturated rings. The van der Waals surface area contributed by atoms with Crippen LogP contribution in [0.1, 0.15) is 43.2 Å². The second kappa shape index (κ2) is 6.89. The SMILES string of the molecule is Cc1cc(F)ccc1CN1CCNC(C2CCCCC2)C1. The monoisotopic (exact) mass is 290 g/mol. The van der Waals surface area contributed by atoms with Gasteiger partial charge in [0.1, 0.15) is 5.82 Å². The fourth-order valence-corrected chi connectivity index (χ4v) is 3.92. The molecule has 1 heterocycles. The van der Waals surface area contributed by atoms with Gasteiger partial charge in [-0.3, -0.25) is 4.90 Å². The normalized spacial score (nSPS) is 25.1. The summed E-state index contributed by atoms with van der Waals surface area (Å²) in [5.41, 5.74) is 2.34. The summed E-state index contributed by atoms with van der Waals surface area (Å²) in [5, 5.41) is 3.73. The van der Waals surface area contributed by atoms with Crippen LogP contribution in [0, 0.1) is 18.7 Å². The first-order valence-electron chi connectivity index (χ1n) is 8.43. The smallest absolute Gasteiger partial charge is 0.123 e. The van der Waals surface area contributed by atoms with Gasteiger partial charge in [0.2, 0.25) is 0 Å². The Bertz CT molecular complexity index is 468. The Labute approximate surface area is 127 Å². The van der Waals surface area contributed by atoms with E-state index in [1.165, 1.54) is 37.7 Å². The van der Waals surface area contributed by atoms with Crippen molar-refractivity contribution >= 4 is 0 Å². The zero-order chi connectivity index (χ0) is 14.7. The molecule has 0 amide bonds. The van der Waals surface area contributed by atoms with Crippen LogP contribution in [0.25, 0.3) is 0 Å². The topological polar surface area (TPSA) is 15.3 Å². The highest BCUT2D eigenvalue weighted by Gasteiger charge is 2.28. The van der Waals surface area contributed by atoms with E-state index in [2.05, 4.69) is 10.2 Å². The molecule has 2 aliphatic rings. The molecule has 1 aliphatic heterocycles. The number of hydrogen-bond acceptors (Lipinski definition) is 2. The van der Waals surface area contributed by atoms with Crippen molar-refractivity contribution in [3.63, 3.8) is 0 Å². The fraction of sp³-hybridized carbons (Fsp3) is 0.667. The standard InChI is InChI=1S/C18H27FN2/c1-14-11-17(19)8-7-16(14)12-21-10-9-20-18(13-21)15-5-3-2-4-6-15/h7-8,11,15,18,20H,2-6,9-10,12-13H2,1H3. The van der Waals surface area contributed by atoms with Crippen molar-refractivity contribution < 1.29 is 4.39 Å². The number of halogens is 1. The molecule has 1 unspecified atom stereocenters. The van der Waals surface area contributed by atoms with Crippen molar-refractivity contribution in [1.82, 2.24) is 10.2 Å². The van der Waals surface area contributed by atoms with Gasteiger partial charge in [0.15, 0.2) is 0 Å². The van der Waals surface area contributed by atoms with Gasteiger partial charge in [-0.2, -0.15) is 0 Å². The number of rotatable bonds is 3. The molecule has 21 heavy (non-hydrogen) atoms. The van der Waals surface area contributed by atoms with Crippen LogP contribution in [0.3, 0.4) is 0 Å². The quantitative estimate of drug-likeness (QED) is 0.917. The van der Waals surface area contributed by atoms with E-state index in [1.54, 1.807) is 12.1 Å². The molecule has 0 spiro atoms. The van der Waals surface area contributed by atoms with Gasteiger partial charge in [0.05, 0.1) is 0 Å². The van der Waals surface area contributed by atoms with Gasteiger partial charge in [-0.1, -0.05) is 25.3 Å². The first kappa shape index (κ1) is 15.0. The molecule has 116 valence electrons. The molecule has 1 aromatic carbocycles. The first-order chi connectivity index (χ1) is 10.2. The summed E-state index contributed by atoms with van der Waals surface area (Å²) in [5.74, 6) is 0.729. The average Bonchev–Trinajstić information content (AvgIpc) is 2.51. The minimum absolute atomic E-state index is 0.128. The molecular formula is C18H27FN2. The van der Waals surface area contributed by atoms with E-state index in [1.807, 2.05) is 13.0 Å².